The molecule has 0 aliphatic carbocycles. The van der Waals surface area contributed by atoms with Crippen LogP contribution < -0.4 is 4.90 Å². The van der Waals surface area contributed by atoms with E-state index in [0.29, 0.717) is 22.4 Å². The normalized spacial score (nSPS) is 15.0. The molecule has 0 atom stereocenters. The number of morpholine rings is 1. The van der Waals surface area contributed by atoms with Crippen LogP contribution in [-0.2, 0) is 4.74 Å². The van der Waals surface area contributed by atoms with Gasteiger partial charge in [0.25, 0.3) is 0 Å². The Morgan fingerprint density at radius 3 is 2.90 bits per heavy atom. The van der Waals surface area contributed by atoms with Crippen molar-refractivity contribution in [1.29, 1.82) is 5.26 Å². The zero-order valence-electron chi connectivity index (χ0n) is 11.0. The highest BCUT2D eigenvalue weighted by molar-refractivity contribution is 8.01. The number of hydrogen-bond donors (Lipinski definition) is 0. The van der Waals surface area contributed by atoms with Crippen LogP contribution in [0.4, 0.5) is 9.52 Å². The van der Waals surface area contributed by atoms with Crippen LogP contribution in [-0.4, -0.2) is 36.5 Å². The summed E-state index contributed by atoms with van der Waals surface area (Å²) in [6, 6.07) is 6.46. The molecule has 0 bridgehead atoms. The van der Waals surface area contributed by atoms with Gasteiger partial charge in [0, 0.05) is 18.0 Å². The average molecular weight is 322 g/mol. The third-order valence-corrected chi connectivity index (χ3v) is 5.06. The van der Waals surface area contributed by atoms with Crippen molar-refractivity contribution in [3.05, 3.63) is 29.6 Å². The van der Waals surface area contributed by atoms with Gasteiger partial charge in [-0.15, -0.1) is 10.2 Å². The van der Waals surface area contributed by atoms with E-state index >= 15 is 0 Å². The van der Waals surface area contributed by atoms with Crippen LogP contribution in [0.25, 0.3) is 0 Å². The quantitative estimate of drug-likeness (QED) is 0.865. The lowest BCUT2D eigenvalue weighted by Crippen LogP contribution is -2.36. The lowest BCUT2D eigenvalue weighted by molar-refractivity contribution is 0.122. The molecule has 1 aliphatic rings. The molecule has 8 heteroatoms. The van der Waals surface area contributed by atoms with Crippen LogP contribution in [0, 0.1) is 17.1 Å². The summed E-state index contributed by atoms with van der Waals surface area (Å²) in [6.07, 6.45) is 0. The smallest absolute Gasteiger partial charge is 0.209 e. The monoisotopic (exact) mass is 322 g/mol. The molecule has 21 heavy (non-hydrogen) atoms. The van der Waals surface area contributed by atoms with E-state index < -0.39 is 5.82 Å². The van der Waals surface area contributed by atoms with Gasteiger partial charge >= 0.3 is 0 Å². The fraction of sp³-hybridized carbons (Fsp3) is 0.308. The molecule has 1 aromatic carbocycles. The van der Waals surface area contributed by atoms with E-state index in [0.717, 1.165) is 18.2 Å². The molecule has 1 fully saturated rings. The first kappa shape index (κ1) is 14.3. The highest BCUT2D eigenvalue weighted by Gasteiger charge is 2.17. The van der Waals surface area contributed by atoms with Crippen molar-refractivity contribution in [2.45, 2.75) is 9.24 Å². The zero-order valence-corrected chi connectivity index (χ0v) is 12.6. The summed E-state index contributed by atoms with van der Waals surface area (Å²) in [5, 5.41) is 18.1. The molecule has 2 heterocycles. The van der Waals surface area contributed by atoms with Gasteiger partial charge in [0.05, 0.1) is 13.2 Å². The highest BCUT2D eigenvalue weighted by atomic mass is 32.2. The van der Waals surface area contributed by atoms with Gasteiger partial charge in [0.15, 0.2) is 4.34 Å². The molecule has 0 N–H and O–H groups in total. The second-order valence-corrected chi connectivity index (χ2v) is 6.52. The van der Waals surface area contributed by atoms with Crippen LogP contribution in [0.1, 0.15) is 5.56 Å². The Morgan fingerprint density at radius 1 is 1.33 bits per heavy atom. The van der Waals surface area contributed by atoms with Crippen molar-refractivity contribution in [2.75, 3.05) is 31.2 Å². The molecule has 0 amide bonds. The molecule has 1 aliphatic heterocycles. The maximum atomic E-state index is 13.6. The molecule has 108 valence electrons. The van der Waals surface area contributed by atoms with Crippen LogP contribution in [0.3, 0.4) is 0 Å². The summed E-state index contributed by atoms with van der Waals surface area (Å²) in [5.74, 6) is -0.514. The second-order valence-electron chi connectivity index (χ2n) is 4.28. The number of benzene rings is 1. The van der Waals surface area contributed by atoms with Crippen LogP contribution in [0.5, 0.6) is 0 Å². The number of nitriles is 1. The molecule has 1 aromatic heterocycles. The number of rotatable bonds is 3. The van der Waals surface area contributed by atoms with Gasteiger partial charge in [0.1, 0.15) is 17.4 Å². The number of nitrogens with zero attached hydrogens (tertiary/aromatic N) is 4. The third kappa shape index (κ3) is 3.15. The van der Waals surface area contributed by atoms with E-state index in [2.05, 4.69) is 15.1 Å². The average Bonchev–Trinajstić information content (AvgIpc) is 2.97. The van der Waals surface area contributed by atoms with Gasteiger partial charge in [-0.25, -0.2) is 4.39 Å². The molecular weight excluding hydrogens is 311 g/mol. The molecule has 5 nitrogen and oxygen atoms in total. The van der Waals surface area contributed by atoms with Crippen LogP contribution in [0.15, 0.2) is 27.4 Å². The van der Waals surface area contributed by atoms with E-state index in [-0.39, 0.29) is 5.56 Å². The van der Waals surface area contributed by atoms with E-state index in [1.54, 1.807) is 12.1 Å². The summed E-state index contributed by atoms with van der Waals surface area (Å²) in [5.41, 5.74) is 0.0469. The second kappa shape index (κ2) is 6.39. The molecule has 2 aromatic rings. The van der Waals surface area contributed by atoms with Crippen molar-refractivity contribution >= 4 is 28.2 Å². The Hall–Kier alpha value is -1.69. The summed E-state index contributed by atoms with van der Waals surface area (Å²) in [7, 11) is 0. The standard InChI is InChI=1S/C13H11FN4OS2/c14-10-2-1-3-11(9(10)8-15)20-13-17-16-12(21-13)18-4-6-19-7-5-18/h1-3H,4-7H2. The van der Waals surface area contributed by atoms with Crippen molar-refractivity contribution in [3.63, 3.8) is 0 Å². The summed E-state index contributed by atoms with van der Waals surface area (Å²) >= 11 is 2.70. The minimum Gasteiger partial charge on any atom is -0.378 e. The van der Waals surface area contributed by atoms with E-state index in [9.17, 15) is 4.39 Å². The van der Waals surface area contributed by atoms with Crippen molar-refractivity contribution in [1.82, 2.24) is 10.2 Å². The first-order chi connectivity index (χ1) is 10.3. The Balaban J connectivity index is 1.79. The molecule has 0 spiro atoms. The van der Waals surface area contributed by atoms with Crippen LogP contribution in [0.2, 0.25) is 0 Å². The Kier molecular flexibility index (Phi) is 4.34. The molecule has 0 radical (unpaired) electrons. The van der Waals surface area contributed by atoms with E-state index in [1.165, 1.54) is 29.2 Å². The lowest BCUT2D eigenvalue weighted by atomic mass is 10.2. The summed E-state index contributed by atoms with van der Waals surface area (Å²) in [4.78, 5) is 2.67. The maximum absolute atomic E-state index is 13.6. The molecular formula is C13H11FN4OS2. The number of hydrogen-bond acceptors (Lipinski definition) is 7. The SMILES string of the molecule is N#Cc1c(F)cccc1Sc1nnc(N2CCOCC2)s1. The molecule has 0 saturated carbocycles. The Labute approximate surface area is 129 Å². The molecule has 0 unspecified atom stereocenters. The number of halogens is 1. The lowest BCUT2D eigenvalue weighted by Gasteiger charge is -2.25. The summed E-state index contributed by atoms with van der Waals surface area (Å²) in [6.45, 7) is 2.96. The fourth-order valence-corrected chi connectivity index (χ4v) is 3.87. The molecule has 3 rings (SSSR count). The summed E-state index contributed by atoms with van der Waals surface area (Å²) < 4.78 is 19.6. The van der Waals surface area contributed by atoms with Gasteiger partial charge in [0.2, 0.25) is 5.13 Å². The highest BCUT2D eigenvalue weighted by Crippen LogP contribution is 2.35. The largest absolute Gasteiger partial charge is 0.378 e. The third-order valence-electron chi connectivity index (χ3n) is 2.96. The fourth-order valence-electron chi connectivity index (χ4n) is 1.92. The topological polar surface area (TPSA) is 62.0 Å². The zero-order chi connectivity index (χ0) is 14.7. The van der Waals surface area contributed by atoms with Crippen LogP contribution >= 0.6 is 23.1 Å². The first-order valence-electron chi connectivity index (χ1n) is 6.30. The number of aromatic nitrogens is 2. The van der Waals surface area contributed by atoms with Gasteiger partial charge < -0.3 is 9.64 Å². The van der Waals surface area contributed by atoms with Crippen molar-refractivity contribution in [3.8, 4) is 6.07 Å². The number of anilines is 1. The molecule has 1 saturated heterocycles. The predicted octanol–water partition coefficient (Wildman–Crippen LogP) is 2.54. The van der Waals surface area contributed by atoms with Gasteiger partial charge in [-0.05, 0) is 12.1 Å². The minimum atomic E-state index is -0.514. The maximum Gasteiger partial charge on any atom is 0.209 e. The van der Waals surface area contributed by atoms with Gasteiger partial charge in [-0.2, -0.15) is 5.26 Å². The van der Waals surface area contributed by atoms with E-state index in [4.69, 9.17) is 10.00 Å². The van der Waals surface area contributed by atoms with Gasteiger partial charge in [-0.3, -0.25) is 0 Å². The minimum absolute atomic E-state index is 0.0469. The van der Waals surface area contributed by atoms with Gasteiger partial charge in [-0.1, -0.05) is 29.2 Å². The van der Waals surface area contributed by atoms with Crippen molar-refractivity contribution in [2.24, 2.45) is 0 Å². The first-order valence-corrected chi connectivity index (χ1v) is 7.94. The Morgan fingerprint density at radius 2 is 2.14 bits per heavy atom. The predicted molar refractivity (Wildman–Crippen MR) is 78.2 cm³/mol. The number of ether oxygens (including phenoxy) is 1. The van der Waals surface area contributed by atoms with Crippen molar-refractivity contribution < 1.29 is 9.13 Å². The Bertz CT molecular complexity index is 679. The van der Waals surface area contributed by atoms with E-state index in [1.807, 2.05) is 6.07 Å².